The second-order valence-corrected chi connectivity index (χ2v) is 5.15. The summed E-state index contributed by atoms with van der Waals surface area (Å²) < 4.78 is 5.30. The highest BCUT2D eigenvalue weighted by atomic mass is 16.5. The van der Waals surface area contributed by atoms with Gasteiger partial charge in [-0.25, -0.2) is 0 Å². The van der Waals surface area contributed by atoms with Crippen molar-refractivity contribution in [1.82, 2.24) is 10.2 Å². The Morgan fingerprint density at radius 1 is 1.53 bits per heavy atom. The van der Waals surface area contributed by atoms with Crippen molar-refractivity contribution in [2.45, 2.75) is 32.2 Å². The summed E-state index contributed by atoms with van der Waals surface area (Å²) >= 11 is 0. The lowest BCUT2D eigenvalue weighted by Crippen LogP contribution is -2.65. The Morgan fingerprint density at radius 3 is 2.88 bits per heavy atom. The van der Waals surface area contributed by atoms with Crippen molar-refractivity contribution in [1.29, 1.82) is 0 Å². The molecule has 0 aromatic heterocycles. The SMILES string of the molecule is CCC1(C)NC(=O)CN(CC2CCOC2)C1=O. The third kappa shape index (κ3) is 2.44. The lowest BCUT2D eigenvalue weighted by Gasteiger charge is -2.40. The fourth-order valence-electron chi connectivity index (χ4n) is 2.42. The average Bonchev–Trinajstić information content (AvgIpc) is 2.78. The van der Waals surface area contributed by atoms with Crippen LogP contribution in [0.1, 0.15) is 26.7 Å². The topological polar surface area (TPSA) is 58.6 Å². The summed E-state index contributed by atoms with van der Waals surface area (Å²) in [6.07, 6.45) is 1.60. The van der Waals surface area contributed by atoms with E-state index in [9.17, 15) is 9.59 Å². The van der Waals surface area contributed by atoms with E-state index in [0.717, 1.165) is 13.0 Å². The Morgan fingerprint density at radius 2 is 2.29 bits per heavy atom. The van der Waals surface area contributed by atoms with Gasteiger partial charge >= 0.3 is 0 Å². The van der Waals surface area contributed by atoms with Crippen LogP contribution in [0.2, 0.25) is 0 Å². The fourth-order valence-corrected chi connectivity index (χ4v) is 2.42. The van der Waals surface area contributed by atoms with Crippen molar-refractivity contribution in [2.24, 2.45) is 5.92 Å². The molecule has 0 radical (unpaired) electrons. The molecule has 2 rings (SSSR count). The van der Waals surface area contributed by atoms with Gasteiger partial charge in [-0.2, -0.15) is 0 Å². The number of hydrogen-bond donors (Lipinski definition) is 1. The number of carbonyl (C=O) groups excluding carboxylic acids is 2. The zero-order chi connectivity index (χ0) is 12.5. The van der Waals surface area contributed by atoms with Gasteiger partial charge in [0, 0.05) is 19.1 Å². The average molecular weight is 240 g/mol. The van der Waals surface area contributed by atoms with E-state index >= 15 is 0 Å². The molecule has 0 aliphatic carbocycles. The second-order valence-electron chi connectivity index (χ2n) is 5.15. The Bertz CT molecular complexity index is 326. The maximum absolute atomic E-state index is 12.3. The summed E-state index contributed by atoms with van der Waals surface area (Å²) in [6.45, 7) is 6.01. The molecule has 2 fully saturated rings. The summed E-state index contributed by atoms with van der Waals surface area (Å²) in [4.78, 5) is 25.6. The standard InChI is InChI=1S/C12H20N2O3/c1-3-12(2)11(16)14(7-10(15)13-12)6-9-4-5-17-8-9/h9H,3-8H2,1-2H3,(H,13,15). The normalized spacial score (nSPS) is 34.0. The van der Waals surface area contributed by atoms with Crippen molar-refractivity contribution in [3.63, 3.8) is 0 Å². The van der Waals surface area contributed by atoms with Gasteiger partial charge in [0.15, 0.2) is 0 Å². The molecular weight excluding hydrogens is 220 g/mol. The number of carbonyl (C=O) groups is 2. The van der Waals surface area contributed by atoms with E-state index in [1.54, 1.807) is 11.8 Å². The first-order valence-electron chi connectivity index (χ1n) is 6.23. The number of rotatable bonds is 3. The second kappa shape index (κ2) is 4.64. The van der Waals surface area contributed by atoms with E-state index in [2.05, 4.69) is 5.32 Å². The summed E-state index contributed by atoms with van der Waals surface area (Å²) in [5.41, 5.74) is -0.727. The fraction of sp³-hybridized carbons (Fsp3) is 0.833. The minimum atomic E-state index is -0.727. The minimum Gasteiger partial charge on any atom is -0.381 e. The summed E-state index contributed by atoms with van der Waals surface area (Å²) in [5, 5.41) is 2.79. The van der Waals surface area contributed by atoms with Gasteiger partial charge in [-0.15, -0.1) is 0 Å². The first-order valence-corrected chi connectivity index (χ1v) is 6.23. The Balaban J connectivity index is 2.05. The molecule has 96 valence electrons. The molecule has 0 bridgehead atoms. The molecule has 2 atom stereocenters. The van der Waals surface area contributed by atoms with Crippen molar-refractivity contribution < 1.29 is 14.3 Å². The van der Waals surface area contributed by atoms with E-state index in [4.69, 9.17) is 4.74 Å². The number of hydrogen-bond acceptors (Lipinski definition) is 3. The van der Waals surface area contributed by atoms with E-state index < -0.39 is 5.54 Å². The molecule has 17 heavy (non-hydrogen) atoms. The Hall–Kier alpha value is -1.10. The molecule has 5 heteroatoms. The monoisotopic (exact) mass is 240 g/mol. The van der Waals surface area contributed by atoms with E-state index in [-0.39, 0.29) is 18.4 Å². The lowest BCUT2D eigenvalue weighted by molar-refractivity contribution is -0.149. The van der Waals surface area contributed by atoms with Crippen LogP contribution < -0.4 is 5.32 Å². The number of nitrogens with zero attached hydrogens (tertiary/aromatic N) is 1. The molecule has 2 heterocycles. The highest BCUT2D eigenvalue weighted by Crippen LogP contribution is 2.21. The summed E-state index contributed by atoms with van der Waals surface area (Å²) in [6, 6.07) is 0. The van der Waals surface area contributed by atoms with Crippen LogP contribution in [0.25, 0.3) is 0 Å². The first-order chi connectivity index (χ1) is 8.05. The Labute approximate surface area is 101 Å². The maximum atomic E-state index is 12.3. The third-order valence-electron chi connectivity index (χ3n) is 3.72. The quantitative estimate of drug-likeness (QED) is 0.764. The molecule has 2 amide bonds. The zero-order valence-corrected chi connectivity index (χ0v) is 10.5. The van der Waals surface area contributed by atoms with Crippen molar-refractivity contribution in [3.05, 3.63) is 0 Å². The van der Waals surface area contributed by atoms with Crippen molar-refractivity contribution in [3.8, 4) is 0 Å². The number of ether oxygens (including phenoxy) is 1. The van der Waals surface area contributed by atoms with Crippen LogP contribution in [0.15, 0.2) is 0 Å². The van der Waals surface area contributed by atoms with Crippen LogP contribution in [-0.4, -0.2) is 48.6 Å². The Kier molecular flexibility index (Phi) is 3.38. The smallest absolute Gasteiger partial charge is 0.248 e. The van der Waals surface area contributed by atoms with Gasteiger partial charge < -0.3 is 15.0 Å². The van der Waals surface area contributed by atoms with E-state index in [1.165, 1.54) is 0 Å². The molecule has 5 nitrogen and oxygen atoms in total. The van der Waals surface area contributed by atoms with E-state index in [0.29, 0.717) is 25.5 Å². The molecule has 0 aromatic carbocycles. The molecule has 2 aliphatic heterocycles. The van der Waals surface area contributed by atoms with Crippen LogP contribution in [0.4, 0.5) is 0 Å². The molecule has 2 unspecified atom stereocenters. The number of amides is 2. The molecule has 0 aromatic rings. The highest BCUT2D eigenvalue weighted by Gasteiger charge is 2.42. The van der Waals surface area contributed by atoms with Crippen LogP contribution in [0, 0.1) is 5.92 Å². The van der Waals surface area contributed by atoms with Gasteiger partial charge in [-0.05, 0) is 19.8 Å². The molecular formula is C12H20N2O3. The number of piperazine rings is 1. The highest BCUT2D eigenvalue weighted by molar-refractivity contribution is 5.97. The first kappa shape index (κ1) is 12.4. The molecule has 1 N–H and O–H groups in total. The van der Waals surface area contributed by atoms with Crippen LogP contribution in [-0.2, 0) is 14.3 Å². The van der Waals surface area contributed by atoms with Gasteiger partial charge in [-0.1, -0.05) is 6.92 Å². The molecule has 0 saturated carbocycles. The van der Waals surface area contributed by atoms with Crippen LogP contribution >= 0.6 is 0 Å². The van der Waals surface area contributed by atoms with Crippen molar-refractivity contribution >= 4 is 11.8 Å². The minimum absolute atomic E-state index is 0.0338. The summed E-state index contributed by atoms with van der Waals surface area (Å²) in [5.74, 6) is 0.352. The third-order valence-corrected chi connectivity index (χ3v) is 3.72. The molecule has 2 aliphatic rings. The molecule has 0 spiro atoms. The maximum Gasteiger partial charge on any atom is 0.248 e. The predicted octanol–water partition coefficient (Wildman–Crippen LogP) is 0.150. The predicted molar refractivity (Wildman–Crippen MR) is 62.3 cm³/mol. The van der Waals surface area contributed by atoms with Crippen LogP contribution in [0.5, 0.6) is 0 Å². The van der Waals surface area contributed by atoms with E-state index in [1.807, 2.05) is 6.92 Å². The lowest BCUT2D eigenvalue weighted by atomic mass is 9.93. The van der Waals surface area contributed by atoms with Gasteiger partial charge in [0.2, 0.25) is 11.8 Å². The van der Waals surface area contributed by atoms with Gasteiger partial charge in [0.25, 0.3) is 0 Å². The van der Waals surface area contributed by atoms with Gasteiger partial charge in [0.1, 0.15) is 5.54 Å². The number of nitrogens with one attached hydrogen (secondary N) is 1. The van der Waals surface area contributed by atoms with Gasteiger partial charge in [0.05, 0.1) is 13.2 Å². The molecule has 2 saturated heterocycles. The van der Waals surface area contributed by atoms with Crippen molar-refractivity contribution in [2.75, 3.05) is 26.3 Å². The zero-order valence-electron chi connectivity index (χ0n) is 10.5. The van der Waals surface area contributed by atoms with Crippen LogP contribution in [0.3, 0.4) is 0 Å². The largest absolute Gasteiger partial charge is 0.381 e. The summed E-state index contributed by atoms with van der Waals surface area (Å²) in [7, 11) is 0. The van der Waals surface area contributed by atoms with Gasteiger partial charge in [-0.3, -0.25) is 9.59 Å².